The second kappa shape index (κ2) is 7.93. The summed E-state index contributed by atoms with van der Waals surface area (Å²) in [5, 5.41) is 12.3. The molecule has 1 aliphatic rings. The first kappa shape index (κ1) is 19.0. The van der Waals surface area contributed by atoms with Crippen LogP contribution < -0.4 is 9.64 Å². The number of carbonyl (C=O) groups excluding carboxylic acids is 2. The van der Waals surface area contributed by atoms with E-state index in [1.165, 1.54) is 16.2 Å². The van der Waals surface area contributed by atoms with Crippen molar-refractivity contribution < 1.29 is 19.4 Å². The molecular formula is C23H19NO4S. The van der Waals surface area contributed by atoms with Gasteiger partial charge in [-0.05, 0) is 47.8 Å². The van der Waals surface area contributed by atoms with Crippen LogP contribution in [0.2, 0.25) is 0 Å². The summed E-state index contributed by atoms with van der Waals surface area (Å²) in [7, 11) is 0. The number of aliphatic hydroxyl groups excluding tert-OH is 1. The van der Waals surface area contributed by atoms with Crippen LogP contribution in [0.4, 0.5) is 5.69 Å². The Bertz CT molecular complexity index is 1060. The van der Waals surface area contributed by atoms with E-state index in [2.05, 4.69) is 0 Å². The number of para-hydroxylation sites is 1. The molecule has 0 spiro atoms. The van der Waals surface area contributed by atoms with Gasteiger partial charge >= 0.3 is 0 Å². The number of aliphatic hydroxyl groups is 1. The lowest BCUT2D eigenvalue weighted by Gasteiger charge is -2.25. The van der Waals surface area contributed by atoms with Crippen molar-refractivity contribution >= 4 is 28.7 Å². The maximum Gasteiger partial charge on any atom is 0.294 e. The minimum atomic E-state index is -0.629. The van der Waals surface area contributed by atoms with Crippen LogP contribution in [0.5, 0.6) is 11.5 Å². The van der Waals surface area contributed by atoms with E-state index in [0.29, 0.717) is 17.2 Å². The number of rotatable bonds is 6. The van der Waals surface area contributed by atoms with Crippen LogP contribution in [0.1, 0.15) is 24.3 Å². The predicted molar refractivity (Wildman–Crippen MR) is 112 cm³/mol. The molecule has 1 aromatic heterocycles. The minimum absolute atomic E-state index is 0.157. The van der Waals surface area contributed by atoms with Crippen LogP contribution >= 0.6 is 11.3 Å². The summed E-state index contributed by atoms with van der Waals surface area (Å²) >= 11 is 1.44. The molecule has 29 heavy (non-hydrogen) atoms. The Balaban J connectivity index is 1.68. The van der Waals surface area contributed by atoms with Gasteiger partial charge in [-0.1, -0.05) is 31.2 Å². The van der Waals surface area contributed by atoms with Gasteiger partial charge in [-0.2, -0.15) is 0 Å². The molecule has 6 heteroatoms. The summed E-state index contributed by atoms with van der Waals surface area (Å²) in [5.41, 5.74) is 0.740. The molecule has 1 N–H and O–H groups in total. The Morgan fingerprint density at radius 3 is 2.34 bits per heavy atom. The van der Waals surface area contributed by atoms with Gasteiger partial charge in [0, 0.05) is 17.0 Å². The van der Waals surface area contributed by atoms with Gasteiger partial charge in [0.25, 0.3) is 5.91 Å². The summed E-state index contributed by atoms with van der Waals surface area (Å²) < 4.78 is 5.80. The number of ether oxygens (including phenoxy) is 1. The Kier molecular flexibility index (Phi) is 5.18. The molecule has 1 aliphatic heterocycles. The monoisotopic (exact) mass is 405 g/mol. The normalized spacial score (nSPS) is 16.4. The van der Waals surface area contributed by atoms with Gasteiger partial charge in [0.05, 0.1) is 5.57 Å². The highest BCUT2D eigenvalue weighted by molar-refractivity contribution is 7.10. The largest absolute Gasteiger partial charge is 0.503 e. The van der Waals surface area contributed by atoms with Crippen LogP contribution in [0.15, 0.2) is 83.4 Å². The molecule has 1 atom stereocenters. The highest BCUT2D eigenvalue weighted by Crippen LogP contribution is 2.43. The van der Waals surface area contributed by atoms with Crippen molar-refractivity contribution in [3.8, 4) is 11.5 Å². The van der Waals surface area contributed by atoms with Crippen molar-refractivity contribution in [2.24, 2.45) is 0 Å². The van der Waals surface area contributed by atoms with E-state index in [1.807, 2.05) is 47.8 Å². The lowest BCUT2D eigenvalue weighted by Crippen LogP contribution is -2.30. The van der Waals surface area contributed by atoms with E-state index in [9.17, 15) is 14.7 Å². The molecule has 0 fully saturated rings. The number of thiophene rings is 1. The molecule has 146 valence electrons. The van der Waals surface area contributed by atoms with Crippen molar-refractivity contribution in [2.75, 3.05) is 4.90 Å². The summed E-state index contributed by atoms with van der Waals surface area (Å²) in [4.78, 5) is 27.6. The molecule has 2 aromatic carbocycles. The summed E-state index contributed by atoms with van der Waals surface area (Å²) in [5.74, 6) is 0.0583. The second-order valence-corrected chi connectivity index (χ2v) is 7.52. The summed E-state index contributed by atoms with van der Waals surface area (Å²) in [6.45, 7) is 1.72. The third-order valence-electron chi connectivity index (χ3n) is 4.74. The Morgan fingerprint density at radius 2 is 1.72 bits per heavy atom. The minimum Gasteiger partial charge on any atom is -0.503 e. The zero-order valence-electron chi connectivity index (χ0n) is 15.7. The van der Waals surface area contributed by atoms with Gasteiger partial charge in [0.15, 0.2) is 11.5 Å². The zero-order chi connectivity index (χ0) is 20.4. The Hall–Kier alpha value is -3.38. The molecule has 0 saturated carbocycles. The zero-order valence-corrected chi connectivity index (χ0v) is 16.6. The number of hydrogen-bond acceptors (Lipinski definition) is 5. The van der Waals surface area contributed by atoms with E-state index < -0.39 is 17.7 Å². The number of hydrogen-bond donors (Lipinski definition) is 1. The number of nitrogens with zero attached hydrogens (tertiary/aromatic N) is 1. The third-order valence-corrected chi connectivity index (χ3v) is 5.66. The number of ketones is 1. The first-order valence-electron chi connectivity index (χ1n) is 9.26. The van der Waals surface area contributed by atoms with Gasteiger partial charge in [0.2, 0.25) is 0 Å². The highest BCUT2D eigenvalue weighted by atomic mass is 32.1. The molecule has 4 rings (SSSR count). The van der Waals surface area contributed by atoms with E-state index in [-0.39, 0.29) is 17.8 Å². The van der Waals surface area contributed by atoms with Gasteiger partial charge in [-0.3, -0.25) is 14.5 Å². The maximum atomic E-state index is 12.9. The first-order chi connectivity index (χ1) is 14.1. The van der Waals surface area contributed by atoms with Gasteiger partial charge in [-0.25, -0.2) is 0 Å². The quantitative estimate of drug-likeness (QED) is 0.595. The van der Waals surface area contributed by atoms with Gasteiger partial charge in [-0.15, -0.1) is 11.3 Å². The van der Waals surface area contributed by atoms with Crippen molar-refractivity contribution in [3.05, 3.63) is 88.3 Å². The molecule has 5 nitrogen and oxygen atoms in total. The molecular weight excluding hydrogens is 386 g/mol. The Morgan fingerprint density at radius 1 is 1.03 bits per heavy atom. The lowest BCUT2D eigenvalue weighted by molar-refractivity contribution is -0.118. The van der Waals surface area contributed by atoms with Crippen LogP contribution in [-0.2, 0) is 9.59 Å². The van der Waals surface area contributed by atoms with E-state index in [1.54, 1.807) is 31.2 Å². The van der Waals surface area contributed by atoms with Crippen LogP contribution in [0.25, 0.3) is 0 Å². The number of benzene rings is 2. The number of anilines is 1. The van der Waals surface area contributed by atoms with Crippen molar-refractivity contribution in [3.63, 3.8) is 0 Å². The Labute approximate surface area is 172 Å². The molecule has 0 saturated heterocycles. The summed E-state index contributed by atoms with van der Waals surface area (Å²) in [6.07, 6.45) is 0.215. The van der Waals surface area contributed by atoms with Crippen molar-refractivity contribution in [1.29, 1.82) is 0 Å². The van der Waals surface area contributed by atoms with Crippen LogP contribution in [0.3, 0.4) is 0 Å². The lowest BCUT2D eigenvalue weighted by atomic mass is 10.00. The first-order valence-corrected chi connectivity index (χ1v) is 10.1. The van der Waals surface area contributed by atoms with Crippen molar-refractivity contribution in [1.82, 2.24) is 0 Å². The molecule has 1 amide bonds. The standard InChI is InChI=1S/C23H19NO4S/c1-2-18(25)20-21(19-9-6-14-29-19)24(23(27)22(20)26)15-10-12-17(13-11-15)28-16-7-4-3-5-8-16/h3-14,21,26H,2H2,1H3. The second-order valence-electron chi connectivity index (χ2n) is 6.54. The number of carbonyl (C=O) groups is 2. The predicted octanol–water partition coefficient (Wildman–Crippen LogP) is 5.42. The molecule has 0 bridgehead atoms. The van der Waals surface area contributed by atoms with E-state index in [0.717, 1.165) is 4.88 Å². The molecule has 1 unspecified atom stereocenters. The van der Waals surface area contributed by atoms with Gasteiger partial charge < -0.3 is 9.84 Å². The van der Waals surface area contributed by atoms with Crippen LogP contribution in [0, 0.1) is 0 Å². The maximum absolute atomic E-state index is 12.9. The average molecular weight is 405 g/mol. The fourth-order valence-electron chi connectivity index (χ4n) is 3.36. The van der Waals surface area contributed by atoms with E-state index >= 15 is 0 Å². The fraction of sp³-hybridized carbons (Fsp3) is 0.130. The topological polar surface area (TPSA) is 66.8 Å². The molecule has 2 heterocycles. The highest BCUT2D eigenvalue weighted by Gasteiger charge is 2.44. The SMILES string of the molecule is CCC(=O)C1=C(O)C(=O)N(c2ccc(Oc3ccccc3)cc2)C1c1cccs1. The fourth-order valence-corrected chi connectivity index (χ4v) is 4.19. The molecule has 0 aliphatic carbocycles. The third kappa shape index (κ3) is 3.54. The molecule has 0 radical (unpaired) electrons. The number of amides is 1. The van der Waals surface area contributed by atoms with E-state index in [4.69, 9.17) is 4.74 Å². The number of Topliss-reactive ketones (excluding diaryl/α,β-unsaturated/α-hetero) is 1. The molecule has 3 aromatic rings. The summed E-state index contributed by atoms with van der Waals surface area (Å²) in [6, 6.07) is 19.5. The van der Waals surface area contributed by atoms with Crippen LogP contribution in [-0.4, -0.2) is 16.8 Å². The van der Waals surface area contributed by atoms with Gasteiger partial charge in [0.1, 0.15) is 17.5 Å². The van der Waals surface area contributed by atoms with Crippen molar-refractivity contribution in [2.45, 2.75) is 19.4 Å². The smallest absolute Gasteiger partial charge is 0.294 e. The average Bonchev–Trinajstić information content (AvgIpc) is 3.36.